The summed E-state index contributed by atoms with van der Waals surface area (Å²) in [6.07, 6.45) is 6.57. The average molecular weight is 490 g/mol. The lowest BCUT2D eigenvalue weighted by Crippen LogP contribution is -2.51. The third kappa shape index (κ3) is 5.12. The molecule has 4 heterocycles. The second kappa shape index (κ2) is 10.1. The standard InChI is InChI=1S/C23H31N5O3S2/c29-19(27-7-3-4-8-27)13-26-9-11-28(12-10-26)20(30)15-32-14-18-24-22(31)21-16-5-1-2-6-17(16)33-23(21)25-18/h1-15H2,(H,24,25,31). The smallest absolute Gasteiger partial charge is 0.259 e. The van der Waals surface area contributed by atoms with Crippen LogP contribution in [0.2, 0.25) is 0 Å². The minimum Gasteiger partial charge on any atom is -0.342 e. The Hall–Kier alpha value is -1.91. The molecule has 178 valence electrons. The zero-order valence-corrected chi connectivity index (χ0v) is 20.6. The Kier molecular flexibility index (Phi) is 7.03. The number of amides is 2. The number of rotatable bonds is 6. The van der Waals surface area contributed by atoms with Crippen LogP contribution in [0.5, 0.6) is 0 Å². The third-order valence-corrected chi connectivity index (χ3v) is 9.00. The first kappa shape index (κ1) is 22.9. The van der Waals surface area contributed by atoms with Crippen molar-refractivity contribution < 1.29 is 9.59 Å². The molecule has 2 fully saturated rings. The second-order valence-electron chi connectivity index (χ2n) is 9.14. The number of thioether (sulfide) groups is 1. The van der Waals surface area contributed by atoms with Crippen molar-refractivity contribution in [2.24, 2.45) is 0 Å². The number of thiophene rings is 1. The van der Waals surface area contributed by atoms with Gasteiger partial charge in [0.15, 0.2) is 0 Å². The minimum atomic E-state index is -0.0408. The first-order chi connectivity index (χ1) is 16.1. The van der Waals surface area contributed by atoms with Gasteiger partial charge < -0.3 is 14.8 Å². The molecule has 2 aromatic rings. The van der Waals surface area contributed by atoms with E-state index in [-0.39, 0.29) is 17.4 Å². The van der Waals surface area contributed by atoms with Gasteiger partial charge in [0.1, 0.15) is 10.7 Å². The number of hydrogen-bond donors (Lipinski definition) is 1. The van der Waals surface area contributed by atoms with Gasteiger partial charge in [-0.2, -0.15) is 0 Å². The van der Waals surface area contributed by atoms with Gasteiger partial charge in [-0.3, -0.25) is 19.3 Å². The van der Waals surface area contributed by atoms with Gasteiger partial charge in [0.2, 0.25) is 11.8 Å². The van der Waals surface area contributed by atoms with Crippen LogP contribution >= 0.6 is 23.1 Å². The van der Waals surface area contributed by atoms with Crippen LogP contribution in [-0.2, 0) is 28.2 Å². The normalized spacial score (nSPS) is 19.3. The van der Waals surface area contributed by atoms with E-state index in [0.717, 1.165) is 68.5 Å². The maximum Gasteiger partial charge on any atom is 0.259 e. The van der Waals surface area contributed by atoms with Gasteiger partial charge in [-0.05, 0) is 44.1 Å². The first-order valence-electron chi connectivity index (χ1n) is 12.0. The van der Waals surface area contributed by atoms with Gasteiger partial charge in [0.25, 0.3) is 5.56 Å². The Morgan fingerprint density at radius 3 is 2.45 bits per heavy atom. The molecule has 1 N–H and O–H groups in total. The molecule has 33 heavy (non-hydrogen) atoms. The van der Waals surface area contributed by atoms with E-state index in [1.807, 2.05) is 9.80 Å². The van der Waals surface area contributed by atoms with Crippen molar-refractivity contribution in [2.45, 2.75) is 44.3 Å². The summed E-state index contributed by atoms with van der Waals surface area (Å²) in [6.45, 7) is 5.04. The number of aromatic nitrogens is 2. The molecule has 2 aliphatic heterocycles. The van der Waals surface area contributed by atoms with E-state index in [2.05, 4.69) is 9.88 Å². The zero-order valence-electron chi connectivity index (χ0n) is 18.9. The highest BCUT2D eigenvalue weighted by Gasteiger charge is 2.25. The third-order valence-electron chi connectivity index (χ3n) is 6.88. The Bertz CT molecular complexity index is 1080. The monoisotopic (exact) mass is 489 g/mol. The number of carbonyl (C=O) groups excluding carboxylic acids is 2. The van der Waals surface area contributed by atoms with Crippen LogP contribution in [-0.4, -0.2) is 88.0 Å². The first-order valence-corrected chi connectivity index (χ1v) is 13.9. The predicted molar refractivity (Wildman–Crippen MR) is 132 cm³/mol. The van der Waals surface area contributed by atoms with Crippen LogP contribution in [0.3, 0.4) is 0 Å². The lowest BCUT2D eigenvalue weighted by atomic mass is 9.97. The van der Waals surface area contributed by atoms with Crippen LogP contribution in [0.15, 0.2) is 4.79 Å². The molecule has 5 rings (SSSR count). The predicted octanol–water partition coefficient (Wildman–Crippen LogP) is 1.86. The lowest BCUT2D eigenvalue weighted by Gasteiger charge is -2.35. The summed E-state index contributed by atoms with van der Waals surface area (Å²) in [4.78, 5) is 53.4. The number of piperazine rings is 1. The summed E-state index contributed by atoms with van der Waals surface area (Å²) in [5, 5.41) is 0.778. The molecule has 10 heteroatoms. The van der Waals surface area contributed by atoms with Crippen molar-refractivity contribution in [3.05, 3.63) is 26.6 Å². The van der Waals surface area contributed by atoms with Crippen molar-refractivity contribution in [1.29, 1.82) is 0 Å². The van der Waals surface area contributed by atoms with Crippen LogP contribution in [0.4, 0.5) is 0 Å². The van der Waals surface area contributed by atoms with Crippen LogP contribution in [0.25, 0.3) is 10.2 Å². The highest BCUT2D eigenvalue weighted by Crippen LogP contribution is 2.33. The molecule has 3 aliphatic rings. The van der Waals surface area contributed by atoms with Crippen LogP contribution in [0.1, 0.15) is 41.9 Å². The number of nitrogens with one attached hydrogen (secondary N) is 1. The van der Waals surface area contributed by atoms with Gasteiger partial charge >= 0.3 is 0 Å². The van der Waals surface area contributed by atoms with E-state index >= 15 is 0 Å². The van der Waals surface area contributed by atoms with Crippen molar-refractivity contribution in [2.75, 3.05) is 51.6 Å². The molecule has 0 bridgehead atoms. The molecule has 2 saturated heterocycles. The minimum absolute atomic E-state index is 0.0408. The Morgan fingerprint density at radius 1 is 0.939 bits per heavy atom. The Labute approximate surface area is 201 Å². The molecule has 8 nitrogen and oxygen atoms in total. The lowest BCUT2D eigenvalue weighted by molar-refractivity contribution is -0.133. The zero-order chi connectivity index (χ0) is 22.8. The van der Waals surface area contributed by atoms with E-state index in [0.29, 0.717) is 37.0 Å². The van der Waals surface area contributed by atoms with E-state index < -0.39 is 0 Å². The topological polar surface area (TPSA) is 89.6 Å². The molecule has 0 unspecified atom stereocenters. The number of carbonyl (C=O) groups is 2. The molecule has 2 aromatic heterocycles. The van der Waals surface area contributed by atoms with Gasteiger partial charge in [-0.25, -0.2) is 4.98 Å². The van der Waals surface area contributed by atoms with Gasteiger partial charge in [-0.1, -0.05) is 0 Å². The number of aromatic amines is 1. The van der Waals surface area contributed by atoms with E-state index in [9.17, 15) is 14.4 Å². The van der Waals surface area contributed by atoms with Gasteiger partial charge in [0.05, 0.1) is 23.4 Å². The SMILES string of the molecule is O=C(CSCc1nc2sc3c(c2c(=O)[nH]1)CCCC3)N1CCN(CC(=O)N2CCCC2)CC1. The summed E-state index contributed by atoms with van der Waals surface area (Å²) in [5.74, 6) is 1.86. The van der Waals surface area contributed by atoms with E-state index in [1.165, 1.54) is 28.6 Å². The highest BCUT2D eigenvalue weighted by molar-refractivity contribution is 7.99. The summed E-state index contributed by atoms with van der Waals surface area (Å²) < 4.78 is 0. The molecule has 0 saturated carbocycles. The fraction of sp³-hybridized carbons (Fsp3) is 0.652. The van der Waals surface area contributed by atoms with Crippen molar-refractivity contribution >= 4 is 45.1 Å². The maximum atomic E-state index is 12.7. The van der Waals surface area contributed by atoms with Gasteiger partial charge in [0, 0.05) is 44.1 Å². The summed E-state index contributed by atoms with van der Waals surface area (Å²) in [5.41, 5.74) is 1.16. The molecule has 2 amide bonds. The number of likely N-dealkylation sites (tertiary alicyclic amines) is 1. The molecule has 1 aliphatic carbocycles. The Morgan fingerprint density at radius 2 is 1.67 bits per heavy atom. The van der Waals surface area contributed by atoms with Crippen LogP contribution in [0, 0.1) is 0 Å². The molecule has 0 radical (unpaired) electrons. The number of fused-ring (bicyclic) bond motifs is 3. The average Bonchev–Trinajstić information content (AvgIpc) is 3.48. The molecule has 0 aromatic carbocycles. The molecule has 0 atom stereocenters. The number of nitrogens with zero attached hydrogens (tertiary/aromatic N) is 4. The summed E-state index contributed by atoms with van der Waals surface area (Å²) in [7, 11) is 0. The molecule has 0 spiro atoms. The number of H-pyrrole nitrogens is 1. The fourth-order valence-electron chi connectivity index (χ4n) is 5.02. The number of aryl methyl sites for hydroxylation is 2. The molecular formula is C23H31N5O3S2. The summed E-state index contributed by atoms with van der Waals surface area (Å²) >= 11 is 3.15. The largest absolute Gasteiger partial charge is 0.342 e. The molecular weight excluding hydrogens is 458 g/mol. The number of hydrogen-bond acceptors (Lipinski definition) is 7. The Balaban J connectivity index is 1.09. The van der Waals surface area contributed by atoms with E-state index in [1.54, 1.807) is 11.3 Å². The maximum absolute atomic E-state index is 12.7. The fourth-order valence-corrected chi connectivity index (χ4v) is 7.09. The van der Waals surface area contributed by atoms with Gasteiger partial charge in [-0.15, -0.1) is 23.1 Å². The van der Waals surface area contributed by atoms with Crippen LogP contribution < -0.4 is 5.56 Å². The second-order valence-corrected chi connectivity index (χ2v) is 11.2. The van der Waals surface area contributed by atoms with Crippen molar-refractivity contribution in [1.82, 2.24) is 24.7 Å². The summed E-state index contributed by atoms with van der Waals surface area (Å²) in [6, 6.07) is 0. The van der Waals surface area contributed by atoms with E-state index in [4.69, 9.17) is 4.98 Å². The van der Waals surface area contributed by atoms with Crippen molar-refractivity contribution in [3.63, 3.8) is 0 Å². The highest BCUT2D eigenvalue weighted by atomic mass is 32.2. The quantitative estimate of drug-likeness (QED) is 0.666. The van der Waals surface area contributed by atoms with Crippen molar-refractivity contribution in [3.8, 4) is 0 Å².